The summed E-state index contributed by atoms with van der Waals surface area (Å²) in [6.07, 6.45) is 1.73. The maximum Gasteiger partial charge on any atom is 0.237 e. The third-order valence-corrected chi connectivity index (χ3v) is 5.54. The van der Waals surface area contributed by atoms with Gasteiger partial charge < -0.3 is 14.6 Å². The van der Waals surface area contributed by atoms with Gasteiger partial charge in [0.25, 0.3) is 0 Å². The summed E-state index contributed by atoms with van der Waals surface area (Å²) in [7, 11) is 0. The van der Waals surface area contributed by atoms with Crippen LogP contribution in [0.4, 0.5) is 0 Å². The molecule has 0 bridgehead atoms. The van der Waals surface area contributed by atoms with Crippen LogP contribution in [0.1, 0.15) is 50.8 Å². The second kappa shape index (κ2) is 4.88. The van der Waals surface area contributed by atoms with Gasteiger partial charge >= 0.3 is 0 Å². The molecule has 1 aromatic heterocycles. The van der Waals surface area contributed by atoms with Crippen molar-refractivity contribution in [1.82, 2.24) is 0 Å². The number of aryl methyl sites for hydroxylation is 1. The number of hydrogen-bond acceptors (Lipinski definition) is 5. The predicted molar refractivity (Wildman–Crippen MR) is 86.3 cm³/mol. The third kappa shape index (κ3) is 1.71. The molecule has 1 heterocycles. The predicted octanol–water partition coefficient (Wildman–Crippen LogP) is 2.19. The summed E-state index contributed by atoms with van der Waals surface area (Å²) in [5.41, 5.74) is 2.62. The number of furan rings is 1. The number of benzene rings is 1. The van der Waals surface area contributed by atoms with Crippen LogP contribution in [0.25, 0.3) is 11.3 Å². The molecule has 0 unspecified atom stereocenters. The van der Waals surface area contributed by atoms with Crippen LogP contribution < -0.4 is 0 Å². The Bertz CT molecular complexity index is 891. The molecule has 1 aromatic carbocycles. The molecule has 2 aliphatic carbocycles. The molecule has 0 saturated carbocycles. The molecule has 2 N–H and O–H groups in total. The van der Waals surface area contributed by atoms with Crippen molar-refractivity contribution < 1.29 is 24.2 Å². The van der Waals surface area contributed by atoms with E-state index in [-0.39, 0.29) is 6.61 Å². The Morgan fingerprint density at radius 1 is 1.25 bits per heavy atom. The lowest BCUT2D eigenvalue weighted by Gasteiger charge is -2.40. The van der Waals surface area contributed by atoms with Crippen molar-refractivity contribution >= 4 is 11.6 Å². The summed E-state index contributed by atoms with van der Waals surface area (Å²) in [5, 5.41) is 20.1. The number of aliphatic hydroxyl groups excluding tert-OH is 2. The summed E-state index contributed by atoms with van der Waals surface area (Å²) < 4.78 is 5.55. The number of aliphatic hydroxyl groups is 2. The number of ketones is 2. The zero-order chi connectivity index (χ0) is 17.2. The largest absolute Gasteiger partial charge is 0.463 e. The van der Waals surface area contributed by atoms with Gasteiger partial charge in [-0.05, 0) is 36.5 Å². The van der Waals surface area contributed by atoms with E-state index in [1.165, 1.54) is 6.26 Å². The Kier molecular flexibility index (Phi) is 3.11. The lowest BCUT2D eigenvalue weighted by atomic mass is 9.67. The van der Waals surface area contributed by atoms with Gasteiger partial charge in [0, 0.05) is 16.5 Å². The van der Waals surface area contributed by atoms with Gasteiger partial charge in [-0.25, -0.2) is 0 Å². The van der Waals surface area contributed by atoms with Gasteiger partial charge in [0.1, 0.15) is 5.76 Å². The Morgan fingerprint density at radius 3 is 2.67 bits per heavy atom. The Balaban J connectivity index is 2.04. The van der Waals surface area contributed by atoms with E-state index < -0.39 is 23.1 Å². The number of fused-ring (bicyclic) bond motifs is 5. The van der Waals surface area contributed by atoms with Gasteiger partial charge in [-0.15, -0.1) is 0 Å². The molecule has 5 heteroatoms. The zero-order valence-electron chi connectivity index (χ0n) is 13.5. The van der Waals surface area contributed by atoms with Crippen LogP contribution in [0.2, 0.25) is 0 Å². The highest BCUT2D eigenvalue weighted by Crippen LogP contribution is 2.44. The number of carbonyl (C=O) groups is 2. The van der Waals surface area contributed by atoms with Crippen LogP contribution in [-0.4, -0.2) is 34.5 Å². The quantitative estimate of drug-likeness (QED) is 0.784. The van der Waals surface area contributed by atoms with Gasteiger partial charge in [0.15, 0.2) is 0 Å². The fourth-order valence-corrected chi connectivity index (χ4v) is 4.01. The van der Waals surface area contributed by atoms with Crippen LogP contribution in [0, 0.1) is 6.92 Å². The minimum absolute atomic E-state index is 0.229. The fraction of sp³-hybridized carbons (Fsp3) is 0.368. The van der Waals surface area contributed by atoms with E-state index in [1.807, 2.05) is 6.07 Å². The molecule has 24 heavy (non-hydrogen) atoms. The molecule has 0 amide bonds. The molecule has 0 fully saturated rings. The number of hydrogen-bond donors (Lipinski definition) is 2. The van der Waals surface area contributed by atoms with Crippen LogP contribution in [0.5, 0.6) is 0 Å². The van der Waals surface area contributed by atoms with Crippen molar-refractivity contribution in [3.63, 3.8) is 0 Å². The van der Waals surface area contributed by atoms with Gasteiger partial charge in [0.2, 0.25) is 11.6 Å². The van der Waals surface area contributed by atoms with Gasteiger partial charge in [0.05, 0.1) is 24.5 Å². The second-order valence-electron chi connectivity index (χ2n) is 6.93. The second-order valence-corrected chi connectivity index (χ2v) is 6.93. The maximum atomic E-state index is 12.8. The average molecular weight is 326 g/mol. The van der Waals surface area contributed by atoms with Crippen molar-refractivity contribution in [2.24, 2.45) is 0 Å². The van der Waals surface area contributed by atoms with Crippen LogP contribution in [-0.2, 0) is 11.8 Å². The van der Waals surface area contributed by atoms with Gasteiger partial charge in [-0.1, -0.05) is 19.1 Å². The summed E-state index contributed by atoms with van der Waals surface area (Å²) >= 11 is 0. The van der Waals surface area contributed by atoms with E-state index in [0.717, 1.165) is 11.1 Å². The van der Waals surface area contributed by atoms with E-state index >= 15 is 0 Å². The van der Waals surface area contributed by atoms with Crippen LogP contribution >= 0.6 is 0 Å². The van der Waals surface area contributed by atoms with Crippen molar-refractivity contribution in [2.45, 2.75) is 38.2 Å². The Morgan fingerprint density at radius 2 is 1.96 bits per heavy atom. The topological polar surface area (TPSA) is 87.7 Å². The smallest absolute Gasteiger partial charge is 0.237 e. The zero-order valence-corrected chi connectivity index (χ0v) is 13.5. The van der Waals surface area contributed by atoms with E-state index in [0.29, 0.717) is 40.9 Å². The van der Waals surface area contributed by atoms with E-state index in [2.05, 4.69) is 0 Å². The highest BCUT2D eigenvalue weighted by Gasteiger charge is 2.44. The monoisotopic (exact) mass is 326 g/mol. The molecular formula is C19H18O5. The van der Waals surface area contributed by atoms with E-state index in [1.54, 1.807) is 19.9 Å². The van der Waals surface area contributed by atoms with Gasteiger partial charge in [-0.3, -0.25) is 9.59 Å². The minimum atomic E-state index is -0.842. The SMILES string of the molecule is Cc1coc2c1C(=O)C(=O)c1c-2ccc2c1CC[C@H](O)[C@]2(C)CO. The van der Waals surface area contributed by atoms with Crippen LogP contribution in [0.15, 0.2) is 22.8 Å². The molecule has 2 aliphatic rings. The molecule has 4 rings (SSSR count). The first-order valence-corrected chi connectivity index (χ1v) is 8.03. The van der Waals surface area contributed by atoms with Crippen LogP contribution in [0.3, 0.4) is 0 Å². The van der Waals surface area contributed by atoms with E-state index in [4.69, 9.17) is 4.42 Å². The summed E-state index contributed by atoms with van der Waals surface area (Å²) in [5.74, 6) is -0.642. The lowest BCUT2D eigenvalue weighted by molar-refractivity contribution is 0.0350. The molecule has 0 aliphatic heterocycles. The number of Topliss-reactive ketones (excluding diaryl/α,β-unsaturated/α-hetero) is 2. The molecular weight excluding hydrogens is 308 g/mol. The number of carbonyl (C=O) groups excluding carboxylic acids is 2. The lowest BCUT2D eigenvalue weighted by Crippen LogP contribution is -2.45. The molecule has 2 aromatic rings. The molecule has 0 radical (unpaired) electrons. The number of rotatable bonds is 1. The minimum Gasteiger partial charge on any atom is -0.463 e. The highest BCUT2D eigenvalue weighted by molar-refractivity contribution is 6.53. The Labute approximate surface area is 138 Å². The third-order valence-electron chi connectivity index (χ3n) is 5.54. The van der Waals surface area contributed by atoms with Gasteiger partial charge in [-0.2, -0.15) is 0 Å². The molecule has 2 atom stereocenters. The normalized spacial score (nSPS) is 25.2. The molecule has 0 spiro atoms. The summed E-state index contributed by atoms with van der Waals surface area (Å²) in [4.78, 5) is 25.3. The van der Waals surface area contributed by atoms with Crippen molar-refractivity contribution in [3.8, 4) is 11.3 Å². The average Bonchev–Trinajstić information content (AvgIpc) is 2.97. The first-order chi connectivity index (χ1) is 11.4. The van der Waals surface area contributed by atoms with Crippen molar-refractivity contribution in [1.29, 1.82) is 0 Å². The van der Waals surface area contributed by atoms with E-state index in [9.17, 15) is 19.8 Å². The molecule has 0 saturated heterocycles. The van der Waals surface area contributed by atoms with Crippen molar-refractivity contribution in [3.05, 3.63) is 46.2 Å². The first-order valence-electron chi connectivity index (χ1n) is 8.03. The van der Waals surface area contributed by atoms with Crippen molar-refractivity contribution in [2.75, 3.05) is 6.61 Å². The summed E-state index contributed by atoms with van der Waals surface area (Å²) in [6, 6.07) is 3.59. The standard InChI is InChI=1S/C19H18O5/c1-9-7-24-18-11-3-5-12-10(4-6-13(21)19(12,2)8-20)15(11)17(23)16(22)14(9)18/h3,5,7,13,20-21H,4,6,8H2,1-2H3/t13-,19+/m0/s1. The molecule has 124 valence electrons. The summed E-state index contributed by atoms with van der Waals surface area (Å²) in [6.45, 7) is 3.29. The fourth-order valence-electron chi connectivity index (χ4n) is 4.01. The maximum absolute atomic E-state index is 12.8. The highest BCUT2D eigenvalue weighted by atomic mass is 16.3. The molecule has 5 nitrogen and oxygen atoms in total. The first kappa shape index (κ1) is 15.3. The Hall–Kier alpha value is -2.24.